The second-order valence-corrected chi connectivity index (χ2v) is 5.17. The Kier molecular flexibility index (Phi) is 13.0. The highest BCUT2D eigenvalue weighted by atomic mass is 16.4. The fraction of sp³-hybridized carbons (Fsp3) is 0.812. The molecule has 0 aliphatic rings. The van der Waals surface area contributed by atoms with Crippen molar-refractivity contribution in [2.24, 2.45) is 0 Å². The maximum absolute atomic E-state index is 10.4. The molecule has 3 nitrogen and oxygen atoms in total. The molecule has 0 amide bonds. The molecule has 0 bridgehead atoms. The molecule has 0 aromatic carbocycles. The number of carboxylic acids is 1. The van der Waals surface area contributed by atoms with Gasteiger partial charge in [-0.2, -0.15) is 0 Å². The second-order valence-electron chi connectivity index (χ2n) is 5.17. The number of allylic oxidation sites excluding steroid dienone is 2. The highest BCUT2D eigenvalue weighted by Crippen LogP contribution is 2.09. The monoisotopic (exact) mass is 270 g/mol. The van der Waals surface area contributed by atoms with Gasteiger partial charge in [-0.15, -0.1) is 0 Å². The van der Waals surface area contributed by atoms with Crippen LogP contribution in [0.1, 0.15) is 77.6 Å². The molecule has 0 aliphatic heterocycles. The molecule has 0 aromatic rings. The lowest BCUT2D eigenvalue weighted by Gasteiger charge is -2.04. The van der Waals surface area contributed by atoms with Gasteiger partial charge in [0.2, 0.25) is 0 Å². The van der Waals surface area contributed by atoms with Crippen molar-refractivity contribution in [3.05, 3.63) is 12.2 Å². The number of rotatable bonds is 13. The quantitative estimate of drug-likeness (QED) is 0.387. The number of hydrogen-bond donors (Lipinski definition) is 2. The SMILES string of the molecule is CCCCCC=CCCCCCCCC(O)C(=O)O. The lowest BCUT2D eigenvalue weighted by Crippen LogP contribution is -2.18. The molecule has 19 heavy (non-hydrogen) atoms. The first-order valence-corrected chi connectivity index (χ1v) is 7.74. The molecule has 0 radical (unpaired) electrons. The molecule has 1 unspecified atom stereocenters. The van der Waals surface area contributed by atoms with Crippen LogP contribution in [0.15, 0.2) is 12.2 Å². The molecular formula is C16H30O3. The van der Waals surface area contributed by atoms with Crippen molar-refractivity contribution in [1.82, 2.24) is 0 Å². The smallest absolute Gasteiger partial charge is 0.332 e. The van der Waals surface area contributed by atoms with Gasteiger partial charge in [-0.25, -0.2) is 4.79 Å². The fourth-order valence-electron chi connectivity index (χ4n) is 2.00. The van der Waals surface area contributed by atoms with E-state index in [1.807, 2.05) is 0 Å². The Balaban J connectivity index is 3.16. The van der Waals surface area contributed by atoms with Crippen molar-refractivity contribution in [2.45, 2.75) is 83.7 Å². The van der Waals surface area contributed by atoms with Gasteiger partial charge < -0.3 is 10.2 Å². The van der Waals surface area contributed by atoms with Crippen LogP contribution in [0.2, 0.25) is 0 Å². The van der Waals surface area contributed by atoms with Crippen LogP contribution in [0.3, 0.4) is 0 Å². The van der Waals surface area contributed by atoms with Gasteiger partial charge in [-0.3, -0.25) is 0 Å². The van der Waals surface area contributed by atoms with E-state index in [1.165, 1.54) is 38.5 Å². The molecule has 0 aliphatic carbocycles. The number of carboxylic acid groups (broad SMARTS) is 1. The van der Waals surface area contributed by atoms with Crippen LogP contribution < -0.4 is 0 Å². The summed E-state index contributed by atoms with van der Waals surface area (Å²) in [5.41, 5.74) is 0. The molecule has 1 atom stereocenters. The largest absolute Gasteiger partial charge is 0.479 e. The van der Waals surface area contributed by atoms with Crippen LogP contribution in [-0.4, -0.2) is 22.3 Å². The maximum atomic E-state index is 10.4. The molecule has 0 aromatic heterocycles. The summed E-state index contributed by atoms with van der Waals surface area (Å²) >= 11 is 0. The van der Waals surface area contributed by atoms with E-state index in [4.69, 9.17) is 10.2 Å². The summed E-state index contributed by atoms with van der Waals surface area (Å²) in [6.45, 7) is 2.22. The van der Waals surface area contributed by atoms with Crippen LogP contribution in [0, 0.1) is 0 Å². The van der Waals surface area contributed by atoms with Gasteiger partial charge in [0.1, 0.15) is 0 Å². The van der Waals surface area contributed by atoms with E-state index in [-0.39, 0.29) is 0 Å². The summed E-state index contributed by atoms with van der Waals surface area (Å²) in [6, 6.07) is 0. The number of hydrogen-bond acceptors (Lipinski definition) is 2. The molecule has 3 heteroatoms. The minimum Gasteiger partial charge on any atom is -0.479 e. The Morgan fingerprint density at radius 2 is 1.47 bits per heavy atom. The Morgan fingerprint density at radius 1 is 0.947 bits per heavy atom. The number of aliphatic carboxylic acids is 1. The first-order chi connectivity index (χ1) is 9.18. The van der Waals surface area contributed by atoms with Crippen LogP contribution in [-0.2, 0) is 4.79 Å². The zero-order valence-corrected chi connectivity index (χ0v) is 12.3. The Labute approximate surface area is 117 Å². The summed E-state index contributed by atoms with van der Waals surface area (Å²) in [7, 11) is 0. The molecule has 0 rings (SSSR count). The van der Waals surface area contributed by atoms with E-state index in [1.54, 1.807) is 0 Å². The van der Waals surface area contributed by atoms with Crippen LogP contribution in [0.5, 0.6) is 0 Å². The minimum atomic E-state index is -1.17. The molecule has 0 spiro atoms. The third-order valence-electron chi connectivity index (χ3n) is 3.27. The van der Waals surface area contributed by atoms with E-state index in [9.17, 15) is 4.79 Å². The molecule has 0 heterocycles. The van der Waals surface area contributed by atoms with Gasteiger partial charge in [0.15, 0.2) is 6.10 Å². The molecule has 0 fully saturated rings. The molecule has 0 saturated carbocycles. The maximum Gasteiger partial charge on any atom is 0.332 e. The number of aliphatic hydroxyl groups excluding tert-OH is 1. The summed E-state index contributed by atoms with van der Waals surface area (Å²) in [5, 5.41) is 17.6. The third kappa shape index (κ3) is 13.4. The first kappa shape index (κ1) is 18.2. The summed E-state index contributed by atoms with van der Waals surface area (Å²) in [4.78, 5) is 10.4. The van der Waals surface area contributed by atoms with Gasteiger partial charge >= 0.3 is 5.97 Å². The van der Waals surface area contributed by atoms with Crippen molar-refractivity contribution in [3.63, 3.8) is 0 Å². The van der Waals surface area contributed by atoms with Gasteiger partial charge in [0.25, 0.3) is 0 Å². The van der Waals surface area contributed by atoms with Gasteiger partial charge in [-0.05, 0) is 32.1 Å². The lowest BCUT2D eigenvalue weighted by molar-refractivity contribution is -0.146. The number of carbonyl (C=O) groups is 1. The normalized spacial score (nSPS) is 12.9. The molecule has 112 valence electrons. The zero-order chi connectivity index (χ0) is 14.3. The summed E-state index contributed by atoms with van der Waals surface area (Å²) < 4.78 is 0. The average Bonchev–Trinajstić information content (AvgIpc) is 2.39. The van der Waals surface area contributed by atoms with E-state index in [0.29, 0.717) is 6.42 Å². The zero-order valence-electron chi connectivity index (χ0n) is 12.3. The highest BCUT2D eigenvalue weighted by Gasteiger charge is 2.11. The van der Waals surface area contributed by atoms with E-state index >= 15 is 0 Å². The molecule has 2 N–H and O–H groups in total. The van der Waals surface area contributed by atoms with Crippen molar-refractivity contribution >= 4 is 5.97 Å². The summed E-state index contributed by atoms with van der Waals surface area (Å²) in [5.74, 6) is -1.10. The minimum absolute atomic E-state index is 0.382. The third-order valence-corrected chi connectivity index (χ3v) is 3.27. The van der Waals surface area contributed by atoms with Gasteiger partial charge in [0.05, 0.1) is 0 Å². The van der Waals surface area contributed by atoms with Gasteiger partial charge in [-0.1, -0.05) is 57.6 Å². The first-order valence-electron chi connectivity index (χ1n) is 7.74. The van der Waals surface area contributed by atoms with E-state index in [0.717, 1.165) is 25.7 Å². The molecular weight excluding hydrogens is 240 g/mol. The Hall–Kier alpha value is -0.830. The highest BCUT2D eigenvalue weighted by molar-refractivity contribution is 5.71. The van der Waals surface area contributed by atoms with E-state index < -0.39 is 12.1 Å². The Morgan fingerprint density at radius 3 is 2.05 bits per heavy atom. The standard InChI is InChI=1S/C16H30O3/c1-2-3-4-5-6-7-8-9-10-11-12-13-14-15(17)16(18)19/h6-7,15,17H,2-5,8-14H2,1H3,(H,18,19). The fourth-order valence-corrected chi connectivity index (χ4v) is 2.00. The van der Waals surface area contributed by atoms with Crippen LogP contribution >= 0.6 is 0 Å². The summed E-state index contributed by atoms with van der Waals surface area (Å²) in [6.07, 6.45) is 15.4. The number of aliphatic hydroxyl groups is 1. The van der Waals surface area contributed by atoms with Crippen molar-refractivity contribution in [2.75, 3.05) is 0 Å². The van der Waals surface area contributed by atoms with Crippen LogP contribution in [0.4, 0.5) is 0 Å². The van der Waals surface area contributed by atoms with Crippen molar-refractivity contribution in [1.29, 1.82) is 0 Å². The van der Waals surface area contributed by atoms with Crippen molar-refractivity contribution < 1.29 is 15.0 Å². The molecule has 0 saturated heterocycles. The van der Waals surface area contributed by atoms with Crippen LogP contribution in [0.25, 0.3) is 0 Å². The predicted molar refractivity (Wildman–Crippen MR) is 79.2 cm³/mol. The Bertz CT molecular complexity index is 236. The van der Waals surface area contributed by atoms with Gasteiger partial charge in [0, 0.05) is 0 Å². The van der Waals surface area contributed by atoms with E-state index in [2.05, 4.69) is 19.1 Å². The topological polar surface area (TPSA) is 57.5 Å². The lowest BCUT2D eigenvalue weighted by atomic mass is 10.1. The predicted octanol–water partition coefficient (Wildman–Crippen LogP) is 4.30. The number of unbranched alkanes of at least 4 members (excludes halogenated alkanes) is 8. The average molecular weight is 270 g/mol. The van der Waals surface area contributed by atoms with Crippen molar-refractivity contribution in [3.8, 4) is 0 Å². The second kappa shape index (κ2) is 13.6.